The monoisotopic (exact) mass is 392 g/mol. The lowest BCUT2D eigenvalue weighted by Crippen LogP contribution is -2.37. The number of benzene rings is 2. The van der Waals surface area contributed by atoms with E-state index in [2.05, 4.69) is 41.3 Å². The van der Waals surface area contributed by atoms with E-state index in [0.717, 1.165) is 30.0 Å². The van der Waals surface area contributed by atoms with Crippen LogP contribution in [0.5, 0.6) is 5.75 Å². The van der Waals surface area contributed by atoms with Crippen LogP contribution in [0.3, 0.4) is 0 Å². The Balaban J connectivity index is 1.43. The second-order valence-corrected chi connectivity index (χ2v) is 7.32. The minimum Gasteiger partial charge on any atom is -0.489 e. The maximum Gasteiger partial charge on any atom is 0.344 e. The lowest BCUT2D eigenvalue weighted by atomic mass is 10.2. The van der Waals surface area contributed by atoms with E-state index in [1.54, 1.807) is 24.3 Å². The predicted molar refractivity (Wildman–Crippen MR) is 114 cm³/mol. The van der Waals surface area contributed by atoms with Crippen LogP contribution in [0.1, 0.15) is 16.7 Å². The first-order chi connectivity index (χ1) is 14.0. The first-order valence-electron chi connectivity index (χ1n) is 9.72. The van der Waals surface area contributed by atoms with Crippen molar-refractivity contribution in [2.75, 3.05) is 27.2 Å². The van der Waals surface area contributed by atoms with Gasteiger partial charge in [0.05, 0.1) is 6.20 Å². The number of aromatic nitrogens is 2. The third-order valence-corrected chi connectivity index (χ3v) is 4.68. The number of nitrogens with zero attached hydrogens (tertiary/aromatic N) is 4. The van der Waals surface area contributed by atoms with Crippen molar-refractivity contribution < 1.29 is 9.53 Å². The molecule has 0 saturated carbocycles. The predicted octanol–water partition coefficient (Wildman–Crippen LogP) is 3.80. The van der Waals surface area contributed by atoms with E-state index in [0.29, 0.717) is 13.2 Å². The van der Waals surface area contributed by atoms with Gasteiger partial charge in [0.1, 0.15) is 12.4 Å². The molecule has 29 heavy (non-hydrogen) atoms. The second-order valence-electron chi connectivity index (χ2n) is 7.32. The van der Waals surface area contributed by atoms with Crippen molar-refractivity contribution in [3.8, 4) is 5.75 Å². The highest BCUT2D eigenvalue weighted by Gasteiger charge is 2.12. The SMILES string of the molecule is Cc1cnn(C(=O)N(C)CCN(C)Cc2ccc(OCc3ccccc3)cc2)c1. The van der Waals surface area contributed by atoms with Crippen molar-refractivity contribution in [3.63, 3.8) is 0 Å². The van der Waals surface area contributed by atoms with Crippen LogP contribution in [-0.4, -0.2) is 52.8 Å². The van der Waals surface area contributed by atoms with Gasteiger partial charge in [0.15, 0.2) is 0 Å². The zero-order valence-electron chi connectivity index (χ0n) is 17.3. The van der Waals surface area contributed by atoms with Gasteiger partial charge in [0.2, 0.25) is 0 Å². The molecule has 6 nitrogen and oxygen atoms in total. The summed E-state index contributed by atoms with van der Waals surface area (Å²) in [6, 6.07) is 18.2. The molecule has 0 saturated heterocycles. The summed E-state index contributed by atoms with van der Waals surface area (Å²) in [5.74, 6) is 0.861. The molecule has 2 aromatic carbocycles. The summed E-state index contributed by atoms with van der Waals surface area (Å²) in [6.07, 6.45) is 3.43. The molecule has 0 fully saturated rings. The lowest BCUT2D eigenvalue weighted by Gasteiger charge is -2.22. The van der Waals surface area contributed by atoms with Crippen molar-refractivity contribution in [1.82, 2.24) is 19.6 Å². The Kier molecular flexibility index (Phi) is 7.03. The fourth-order valence-corrected chi connectivity index (χ4v) is 2.93. The van der Waals surface area contributed by atoms with Gasteiger partial charge in [-0.1, -0.05) is 42.5 Å². The minimum atomic E-state index is -0.119. The maximum absolute atomic E-state index is 12.3. The van der Waals surface area contributed by atoms with Gasteiger partial charge >= 0.3 is 6.03 Å². The average molecular weight is 393 g/mol. The van der Waals surface area contributed by atoms with Crippen LogP contribution in [0.4, 0.5) is 4.79 Å². The van der Waals surface area contributed by atoms with Gasteiger partial charge < -0.3 is 14.5 Å². The number of carbonyl (C=O) groups is 1. The molecule has 1 amide bonds. The largest absolute Gasteiger partial charge is 0.489 e. The summed E-state index contributed by atoms with van der Waals surface area (Å²) in [5.41, 5.74) is 3.33. The Hall–Kier alpha value is -3.12. The molecular formula is C23H28N4O2. The highest BCUT2D eigenvalue weighted by atomic mass is 16.5. The summed E-state index contributed by atoms with van der Waals surface area (Å²) >= 11 is 0. The molecule has 0 unspecified atom stereocenters. The first-order valence-corrected chi connectivity index (χ1v) is 9.72. The summed E-state index contributed by atoms with van der Waals surface area (Å²) in [6.45, 7) is 4.70. The van der Waals surface area contributed by atoms with Crippen molar-refractivity contribution in [1.29, 1.82) is 0 Å². The number of hydrogen-bond acceptors (Lipinski definition) is 4. The van der Waals surface area contributed by atoms with E-state index < -0.39 is 0 Å². The molecule has 0 spiro atoms. The Morgan fingerprint density at radius 1 is 1.00 bits per heavy atom. The zero-order chi connectivity index (χ0) is 20.6. The smallest absolute Gasteiger partial charge is 0.344 e. The first kappa shape index (κ1) is 20.6. The Bertz CT molecular complexity index is 906. The van der Waals surface area contributed by atoms with Gasteiger partial charge in [0.25, 0.3) is 0 Å². The summed E-state index contributed by atoms with van der Waals surface area (Å²) in [4.78, 5) is 16.2. The summed E-state index contributed by atoms with van der Waals surface area (Å²) < 4.78 is 7.21. The third kappa shape index (κ3) is 6.19. The molecule has 0 radical (unpaired) electrons. The molecule has 3 rings (SSSR count). The molecule has 0 aliphatic rings. The Morgan fingerprint density at radius 2 is 1.72 bits per heavy atom. The van der Waals surface area contributed by atoms with Gasteiger partial charge in [-0.25, -0.2) is 4.79 Å². The average Bonchev–Trinajstić information content (AvgIpc) is 3.18. The third-order valence-electron chi connectivity index (χ3n) is 4.68. The quantitative estimate of drug-likeness (QED) is 0.585. The molecule has 3 aromatic rings. The lowest BCUT2D eigenvalue weighted by molar-refractivity contribution is 0.198. The van der Waals surface area contributed by atoms with Crippen LogP contribution in [0, 0.1) is 6.92 Å². The molecule has 0 aliphatic heterocycles. The van der Waals surface area contributed by atoms with Gasteiger partial charge in [0, 0.05) is 32.9 Å². The fraction of sp³-hybridized carbons (Fsp3) is 0.304. The summed E-state index contributed by atoms with van der Waals surface area (Å²) in [7, 11) is 3.85. The van der Waals surface area contributed by atoms with E-state index in [1.807, 2.05) is 37.3 Å². The van der Waals surface area contributed by atoms with Crippen LogP contribution in [-0.2, 0) is 13.2 Å². The van der Waals surface area contributed by atoms with Crippen LogP contribution in [0.2, 0.25) is 0 Å². The minimum absolute atomic E-state index is 0.119. The number of hydrogen-bond donors (Lipinski definition) is 0. The number of aryl methyl sites for hydroxylation is 1. The zero-order valence-corrected chi connectivity index (χ0v) is 17.3. The molecule has 1 heterocycles. The molecule has 6 heteroatoms. The van der Waals surface area contributed by atoms with Crippen LogP contribution in [0.25, 0.3) is 0 Å². The van der Waals surface area contributed by atoms with Crippen molar-refractivity contribution in [3.05, 3.63) is 83.7 Å². The van der Waals surface area contributed by atoms with E-state index in [-0.39, 0.29) is 6.03 Å². The van der Waals surface area contributed by atoms with Gasteiger partial charge in [-0.2, -0.15) is 9.78 Å². The maximum atomic E-state index is 12.3. The number of carbonyl (C=O) groups excluding carboxylic acids is 1. The molecule has 0 atom stereocenters. The van der Waals surface area contributed by atoms with Crippen molar-refractivity contribution >= 4 is 6.03 Å². The van der Waals surface area contributed by atoms with E-state index in [1.165, 1.54) is 10.2 Å². The number of amides is 1. The molecule has 152 valence electrons. The highest BCUT2D eigenvalue weighted by Crippen LogP contribution is 2.15. The van der Waals surface area contributed by atoms with E-state index in [9.17, 15) is 4.79 Å². The van der Waals surface area contributed by atoms with Gasteiger partial charge in [-0.3, -0.25) is 0 Å². The number of rotatable bonds is 8. The second kappa shape index (κ2) is 9.89. The standard InChI is InChI=1S/C23H28N4O2/c1-19-15-24-27(16-19)23(28)26(3)14-13-25(2)17-20-9-11-22(12-10-20)29-18-21-7-5-4-6-8-21/h4-12,15-16H,13-14,17-18H2,1-3H3. The normalized spacial score (nSPS) is 10.9. The van der Waals surface area contributed by atoms with E-state index >= 15 is 0 Å². The molecule has 0 aliphatic carbocycles. The Morgan fingerprint density at radius 3 is 2.38 bits per heavy atom. The summed E-state index contributed by atoms with van der Waals surface area (Å²) in [5, 5.41) is 4.07. The molecular weight excluding hydrogens is 364 g/mol. The fourth-order valence-electron chi connectivity index (χ4n) is 2.93. The number of ether oxygens (including phenoxy) is 1. The highest BCUT2D eigenvalue weighted by molar-refractivity contribution is 5.75. The van der Waals surface area contributed by atoms with Crippen LogP contribution in [0.15, 0.2) is 67.0 Å². The van der Waals surface area contributed by atoms with Gasteiger partial charge in [-0.05, 0) is 42.8 Å². The number of likely N-dealkylation sites (N-methyl/N-ethyl adjacent to an activating group) is 2. The topological polar surface area (TPSA) is 50.6 Å². The van der Waals surface area contributed by atoms with Crippen LogP contribution >= 0.6 is 0 Å². The van der Waals surface area contributed by atoms with Crippen molar-refractivity contribution in [2.24, 2.45) is 0 Å². The van der Waals surface area contributed by atoms with Crippen molar-refractivity contribution in [2.45, 2.75) is 20.1 Å². The van der Waals surface area contributed by atoms with Crippen LogP contribution < -0.4 is 4.74 Å². The molecule has 0 N–H and O–H groups in total. The van der Waals surface area contributed by atoms with Gasteiger partial charge in [-0.15, -0.1) is 0 Å². The van der Waals surface area contributed by atoms with E-state index in [4.69, 9.17) is 4.74 Å². The molecule has 1 aromatic heterocycles. The Labute approximate surface area is 172 Å². The molecule has 0 bridgehead atoms.